The molecule has 24 heavy (non-hydrogen) atoms. The Hall–Kier alpha value is -0.810. The van der Waals surface area contributed by atoms with Crippen LogP contribution in [-0.2, 0) is 0 Å². The highest BCUT2D eigenvalue weighted by atomic mass is 15.3. The smallest absolute Gasteiger partial charge is 0.191 e. The summed E-state index contributed by atoms with van der Waals surface area (Å²) >= 11 is 0. The molecule has 142 valence electrons. The van der Waals surface area contributed by atoms with Gasteiger partial charge in [-0.3, -0.25) is 9.89 Å². The highest BCUT2D eigenvalue weighted by Crippen LogP contribution is 2.13. The van der Waals surface area contributed by atoms with E-state index in [0.717, 1.165) is 25.6 Å². The van der Waals surface area contributed by atoms with E-state index in [1.54, 1.807) is 0 Å². The Balaban J connectivity index is 2.59. The maximum Gasteiger partial charge on any atom is 0.191 e. The van der Waals surface area contributed by atoms with Crippen LogP contribution < -0.4 is 10.6 Å². The molecule has 1 heterocycles. The Kier molecular flexibility index (Phi) is 10.3. The minimum absolute atomic E-state index is 0.565. The van der Waals surface area contributed by atoms with E-state index in [4.69, 9.17) is 4.99 Å². The van der Waals surface area contributed by atoms with Crippen LogP contribution in [0.4, 0.5) is 0 Å². The fourth-order valence-electron chi connectivity index (χ4n) is 3.25. The molecular weight excluding hydrogens is 298 g/mol. The first kappa shape index (κ1) is 21.2. The number of rotatable bonds is 9. The SMILES string of the molecule is CCNC(=NCC(CC)CC)NCC(C(C)C)N1CCN(C)CC1. The van der Waals surface area contributed by atoms with Crippen molar-refractivity contribution in [1.29, 1.82) is 0 Å². The molecule has 1 atom stereocenters. The van der Waals surface area contributed by atoms with Gasteiger partial charge in [0.25, 0.3) is 0 Å². The summed E-state index contributed by atoms with van der Waals surface area (Å²) in [6, 6.07) is 0.565. The summed E-state index contributed by atoms with van der Waals surface area (Å²) in [4.78, 5) is 9.87. The van der Waals surface area contributed by atoms with E-state index in [1.807, 2.05) is 0 Å². The third-order valence-corrected chi connectivity index (χ3v) is 5.26. The van der Waals surface area contributed by atoms with Crippen molar-refractivity contribution in [3.8, 4) is 0 Å². The van der Waals surface area contributed by atoms with Gasteiger partial charge in [-0.2, -0.15) is 0 Å². The Bertz CT molecular complexity index is 344. The lowest BCUT2D eigenvalue weighted by atomic mass is 10.0. The summed E-state index contributed by atoms with van der Waals surface area (Å²) in [6.45, 7) is 18.8. The molecule has 0 bridgehead atoms. The summed E-state index contributed by atoms with van der Waals surface area (Å²) in [5.74, 6) is 2.31. The van der Waals surface area contributed by atoms with Gasteiger partial charge in [0.05, 0.1) is 0 Å². The van der Waals surface area contributed by atoms with Gasteiger partial charge in [0, 0.05) is 51.9 Å². The number of nitrogens with one attached hydrogen (secondary N) is 2. The lowest BCUT2D eigenvalue weighted by Crippen LogP contribution is -2.55. The summed E-state index contributed by atoms with van der Waals surface area (Å²) in [7, 11) is 2.22. The molecule has 0 amide bonds. The van der Waals surface area contributed by atoms with Crippen LogP contribution in [0, 0.1) is 11.8 Å². The molecule has 0 aromatic rings. The van der Waals surface area contributed by atoms with Gasteiger partial charge < -0.3 is 15.5 Å². The molecule has 0 aromatic carbocycles. The van der Waals surface area contributed by atoms with E-state index in [-0.39, 0.29) is 0 Å². The predicted octanol–water partition coefficient (Wildman–Crippen LogP) is 2.25. The summed E-state index contributed by atoms with van der Waals surface area (Å²) in [5, 5.41) is 7.00. The molecule has 1 rings (SSSR count). The van der Waals surface area contributed by atoms with Crippen LogP contribution in [0.1, 0.15) is 47.5 Å². The van der Waals surface area contributed by atoms with Gasteiger partial charge in [-0.15, -0.1) is 0 Å². The van der Waals surface area contributed by atoms with Crippen molar-refractivity contribution in [1.82, 2.24) is 20.4 Å². The minimum atomic E-state index is 0.565. The average Bonchev–Trinajstić information content (AvgIpc) is 2.57. The van der Waals surface area contributed by atoms with E-state index in [2.05, 4.69) is 62.1 Å². The Morgan fingerprint density at radius 3 is 2.12 bits per heavy atom. The van der Waals surface area contributed by atoms with Crippen molar-refractivity contribution in [3.05, 3.63) is 0 Å². The molecule has 5 nitrogen and oxygen atoms in total. The molecule has 1 saturated heterocycles. The molecule has 0 aliphatic carbocycles. The van der Waals surface area contributed by atoms with Gasteiger partial charge in [-0.25, -0.2) is 0 Å². The minimum Gasteiger partial charge on any atom is -0.357 e. The molecular formula is C19H41N5. The third-order valence-electron chi connectivity index (χ3n) is 5.26. The van der Waals surface area contributed by atoms with Gasteiger partial charge in [0.2, 0.25) is 0 Å². The molecule has 1 unspecified atom stereocenters. The highest BCUT2D eigenvalue weighted by Gasteiger charge is 2.25. The van der Waals surface area contributed by atoms with Crippen molar-refractivity contribution in [2.24, 2.45) is 16.8 Å². The molecule has 0 radical (unpaired) electrons. The molecule has 2 N–H and O–H groups in total. The van der Waals surface area contributed by atoms with Crippen molar-refractivity contribution in [3.63, 3.8) is 0 Å². The maximum atomic E-state index is 4.81. The van der Waals surface area contributed by atoms with Crippen LogP contribution in [0.2, 0.25) is 0 Å². The number of likely N-dealkylation sites (N-methyl/N-ethyl adjacent to an activating group) is 1. The first-order chi connectivity index (χ1) is 11.5. The number of hydrogen-bond acceptors (Lipinski definition) is 3. The standard InChI is InChI=1S/C19H41N5/c1-7-17(8-2)14-21-19(20-9-3)22-15-18(16(4)5)24-12-10-23(6)11-13-24/h16-18H,7-15H2,1-6H3,(H2,20,21,22). The molecule has 1 aliphatic heterocycles. The first-order valence-electron chi connectivity index (χ1n) is 9.96. The van der Waals surface area contributed by atoms with Crippen LogP contribution in [0.15, 0.2) is 4.99 Å². The van der Waals surface area contributed by atoms with E-state index in [9.17, 15) is 0 Å². The third kappa shape index (κ3) is 7.39. The van der Waals surface area contributed by atoms with Gasteiger partial charge >= 0.3 is 0 Å². The van der Waals surface area contributed by atoms with E-state index in [1.165, 1.54) is 39.0 Å². The number of guanidine groups is 1. The van der Waals surface area contributed by atoms with E-state index >= 15 is 0 Å². The highest BCUT2D eigenvalue weighted by molar-refractivity contribution is 5.79. The second-order valence-electron chi connectivity index (χ2n) is 7.43. The zero-order chi connectivity index (χ0) is 17.9. The normalized spacial score (nSPS) is 19.1. The van der Waals surface area contributed by atoms with Crippen LogP contribution in [0.3, 0.4) is 0 Å². The van der Waals surface area contributed by atoms with Crippen LogP contribution in [0.5, 0.6) is 0 Å². The van der Waals surface area contributed by atoms with E-state index in [0.29, 0.717) is 17.9 Å². The summed E-state index contributed by atoms with van der Waals surface area (Å²) in [6.07, 6.45) is 2.41. The number of piperazine rings is 1. The van der Waals surface area contributed by atoms with Gasteiger partial charge in [0.1, 0.15) is 0 Å². The molecule has 0 saturated carbocycles. The Morgan fingerprint density at radius 2 is 1.62 bits per heavy atom. The lowest BCUT2D eigenvalue weighted by Gasteiger charge is -2.40. The maximum absolute atomic E-state index is 4.81. The monoisotopic (exact) mass is 339 g/mol. The molecule has 0 aromatic heterocycles. The fourth-order valence-corrected chi connectivity index (χ4v) is 3.25. The molecule has 5 heteroatoms. The predicted molar refractivity (Wildman–Crippen MR) is 106 cm³/mol. The molecule has 1 fully saturated rings. The largest absolute Gasteiger partial charge is 0.357 e. The van der Waals surface area contributed by atoms with Gasteiger partial charge in [-0.05, 0) is 25.8 Å². The van der Waals surface area contributed by atoms with Crippen LogP contribution in [-0.4, -0.2) is 74.7 Å². The second-order valence-corrected chi connectivity index (χ2v) is 7.43. The Morgan fingerprint density at radius 1 is 1.00 bits per heavy atom. The molecule has 1 aliphatic rings. The topological polar surface area (TPSA) is 42.9 Å². The quantitative estimate of drug-likeness (QED) is 0.499. The number of hydrogen-bond donors (Lipinski definition) is 2. The van der Waals surface area contributed by atoms with Gasteiger partial charge in [-0.1, -0.05) is 40.5 Å². The lowest BCUT2D eigenvalue weighted by molar-refractivity contribution is 0.0900. The zero-order valence-corrected chi connectivity index (χ0v) is 16.9. The van der Waals surface area contributed by atoms with Crippen molar-refractivity contribution < 1.29 is 0 Å². The molecule has 0 spiro atoms. The van der Waals surface area contributed by atoms with Crippen molar-refractivity contribution >= 4 is 5.96 Å². The van der Waals surface area contributed by atoms with Crippen LogP contribution >= 0.6 is 0 Å². The van der Waals surface area contributed by atoms with Crippen molar-refractivity contribution in [2.45, 2.75) is 53.5 Å². The van der Waals surface area contributed by atoms with Gasteiger partial charge in [0.15, 0.2) is 5.96 Å². The van der Waals surface area contributed by atoms with Crippen molar-refractivity contribution in [2.75, 3.05) is 52.9 Å². The average molecular weight is 340 g/mol. The zero-order valence-electron chi connectivity index (χ0n) is 16.9. The summed E-state index contributed by atoms with van der Waals surface area (Å²) in [5.41, 5.74) is 0. The Labute approximate surface area is 150 Å². The fraction of sp³-hybridized carbons (Fsp3) is 0.947. The first-order valence-corrected chi connectivity index (χ1v) is 9.96. The van der Waals surface area contributed by atoms with E-state index < -0.39 is 0 Å². The number of aliphatic imine (C=N–C) groups is 1. The number of nitrogens with zero attached hydrogens (tertiary/aromatic N) is 3. The summed E-state index contributed by atoms with van der Waals surface area (Å²) < 4.78 is 0. The van der Waals surface area contributed by atoms with Crippen LogP contribution in [0.25, 0.3) is 0 Å². The second kappa shape index (κ2) is 11.7.